The van der Waals surface area contributed by atoms with Crippen LogP contribution in [0.5, 0.6) is 5.75 Å². The number of unbranched alkanes of at least 4 members (excludes halogenated alkanes) is 2. The van der Waals surface area contributed by atoms with Crippen LogP contribution in [0.4, 0.5) is 0 Å². The maximum Gasteiger partial charge on any atom is 1.00 e. The molecule has 36 heavy (non-hydrogen) atoms. The number of carboxylic acids is 1. The molecule has 0 unspecified atom stereocenters. The molecule has 3 aromatic carbocycles. The summed E-state index contributed by atoms with van der Waals surface area (Å²) in [5.41, 5.74) is 3.42. The number of hydrogen-bond donors (Lipinski definition) is 0. The molecular weight excluding hydrogens is 459 g/mol. The van der Waals surface area contributed by atoms with Crippen LogP contribution < -0.4 is 39.4 Å². The van der Waals surface area contributed by atoms with E-state index in [1.165, 1.54) is 43.0 Å². The van der Waals surface area contributed by atoms with Gasteiger partial charge in [0.2, 0.25) is 0 Å². The normalized spacial score (nSPS) is 14.1. The first-order chi connectivity index (χ1) is 17.2. The summed E-state index contributed by atoms with van der Waals surface area (Å²) in [5.74, 6) is 1.63. The van der Waals surface area contributed by atoms with Crippen molar-refractivity contribution >= 4 is 27.8 Å². The molecule has 182 valence electrons. The number of benzene rings is 3. The zero-order chi connectivity index (χ0) is 24.0. The van der Waals surface area contributed by atoms with Crippen LogP contribution in [-0.2, 0) is 11.3 Å². The van der Waals surface area contributed by atoms with Gasteiger partial charge in [-0.25, -0.2) is 4.98 Å². The van der Waals surface area contributed by atoms with E-state index < -0.39 is 5.97 Å². The van der Waals surface area contributed by atoms with Gasteiger partial charge in [0.25, 0.3) is 0 Å². The Balaban J connectivity index is 0.00000304. The molecular formula is C30H33N2NaO3. The minimum absolute atomic E-state index is 0. The number of aromatic nitrogens is 2. The zero-order valence-electron chi connectivity index (χ0n) is 21.2. The van der Waals surface area contributed by atoms with E-state index in [0.29, 0.717) is 13.0 Å². The molecule has 0 amide bonds. The third kappa shape index (κ3) is 6.50. The van der Waals surface area contributed by atoms with Gasteiger partial charge >= 0.3 is 29.6 Å². The van der Waals surface area contributed by atoms with Crippen molar-refractivity contribution in [2.75, 3.05) is 6.61 Å². The summed E-state index contributed by atoms with van der Waals surface area (Å²) in [6, 6.07) is 21.2. The molecule has 5 rings (SSSR count). The van der Waals surface area contributed by atoms with Gasteiger partial charge in [-0.2, -0.15) is 0 Å². The minimum Gasteiger partial charge on any atom is -0.550 e. The molecule has 1 fully saturated rings. The molecule has 0 atom stereocenters. The van der Waals surface area contributed by atoms with Gasteiger partial charge in [0, 0.05) is 18.1 Å². The Hall–Kier alpha value is -2.34. The number of nitrogens with zero attached hydrogens (tertiary/aromatic N) is 2. The van der Waals surface area contributed by atoms with E-state index in [-0.39, 0.29) is 36.0 Å². The predicted molar refractivity (Wildman–Crippen MR) is 138 cm³/mol. The van der Waals surface area contributed by atoms with E-state index in [4.69, 9.17) is 9.72 Å². The van der Waals surface area contributed by atoms with Crippen molar-refractivity contribution in [1.82, 2.24) is 9.55 Å². The molecule has 1 aromatic heterocycles. The number of carboxylic acid groups (broad SMARTS) is 1. The Morgan fingerprint density at radius 1 is 0.944 bits per heavy atom. The summed E-state index contributed by atoms with van der Waals surface area (Å²) in [5, 5.41) is 12.8. The maximum absolute atomic E-state index is 10.5. The first-order valence-corrected chi connectivity index (χ1v) is 13.0. The first-order valence-electron chi connectivity index (χ1n) is 13.0. The number of imidazole rings is 1. The fourth-order valence-corrected chi connectivity index (χ4v) is 5.30. The summed E-state index contributed by atoms with van der Waals surface area (Å²) in [7, 11) is 0. The van der Waals surface area contributed by atoms with Crippen LogP contribution in [0, 0.1) is 5.92 Å². The van der Waals surface area contributed by atoms with Crippen LogP contribution in [0.25, 0.3) is 33.2 Å². The molecule has 1 saturated carbocycles. The summed E-state index contributed by atoms with van der Waals surface area (Å²) in [6.07, 6.45) is 9.08. The Labute approximate surface area is 235 Å². The van der Waals surface area contributed by atoms with Crippen LogP contribution in [0.15, 0.2) is 60.7 Å². The van der Waals surface area contributed by atoms with Crippen molar-refractivity contribution in [3.63, 3.8) is 0 Å². The molecule has 5 nitrogen and oxygen atoms in total. The second kappa shape index (κ2) is 12.8. The van der Waals surface area contributed by atoms with Gasteiger partial charge in [-0.1, -0.05) is 49.6 Å². The Morgan fingerprint density at radius 2 is 1.72 bits per heavy atom. The summed E-state index contributed by atoms with van der Waals surface area (Å²) in [4.78, 5) is 15.5. The van der Waals surface area contributed by atoms with E-state index in [9.17, 15) is 9.90 Å². The van der Waals surface area contributed by atoms with Crippen LogP contribution in [-0.4, -0.2) is 22.1 Å². The van der Waals surface area contributed by atoms with Gasteiger partial charge in [-0.05, 0) is 85.5 Å². The number of carbonyl (C=O) groups is 1. The molecule has 0 radical (unpaired) electrons. The largest absolute Gasteiger partial charge is 1.00 e. The second-order valence-corrected chi connectivity index (χ2v) is 9.79. The number of para-hydroxylation sites is 2. The summed E-state index contributed by atoms with van der Waals surface area (Å²) >= 11 is 0. The summed E-state index contributed by atoms with van der Waals surface area (Å²) < 4.78 is 8.33. The molecule has 0 spiro atoms. The fraction of sp³-hybridized carbons (Fsp3) is 0.400. The average molecular weight is 493 g/mol. The van der Waals surface area contributed by atoms with Gasteiger partial charge in [0.15, 0.2) is 0 Å². The molecule has 0 bridgehead atoms. The fourth-order valence-electron chi connectivity index (χ4n) is 5.30. The van der Waals surface area contributed by atoms with Crippen molar-refractivity contribution < 1.29 is 44.2 Å². The van der Waals surface area contributed by atoms with Crippen LogP contribution in [0.3, 0.4) is 0 Å². The number of ether oxygens (including phenoxy) is 1. The van der Waals surface area contributed by atoms with Crippen molar-refractivity contribution in [3.05, 3.63) is 60.7 Å². The van der Waals surface area contributed by atoms with Crippen LogP contribution in [0.2, 0.25) is 0 Å². The molecule has 1 aliphatic rings. The molecule has 0 N–H and O–H groups in total. The number of hydrogen-bond acceptors (Lipinski definition) is 4. The van der Waals surface area contributed by atoms with Gasteiger partial charge in [0.05, 0.1) is 17.6 Å². The van der Waals surface area contributed by atoms with Crippen molar-refractivity contribution in [2.24, 2.45) is 5.92 Å². The summed E-state index contributed by atoms with van der Waals surface area (Å²) in [6.45, 7) is 1.62. The molecule has 0 saturated heterocycles. The predicted octanol–water partition coefficient (Wildman–Crippen LogP) is 3.13. The van der Waals surface area contributed by atoms with Crippen molar-refractivity contribution in [2.45, 2.75) is 64.3 Å². The van der Waals surface area contributed by atoms with Crippen molar-refractivity contribution in [3.8, 4) is 17.1 Å². The number of carbonyl (C=O) groups excluding carboxylic acids is 1. The number of rotatable bonds is 10. The van der Waals surface area contributed by atoms with Crippen LogP contribution in [0.1, 0.15) is 57.8 Å². The van der Waals surface area contributed by atoms with Crippen LogP contribution >= 0.6 is 0 Å². The topological polar surface area (TPSA) is 67.2 Å². The van der Waals surface area contributed by atoms with E-state index in [1.54, 1.807) is 0 Å². The van der Waals surface area contributed by atoms with Gasteiger partial charge in [-0.3, -0.25) is 0 Å². The zero-order valence-corrected chi connectivity index (χ0v) is 23.2. The van der Waals surface area contributed by atoms with E-state index in [0.717, 1.165) is 53.3 Å². The van der Waals surface area contributed by atoms with Crippen molar-refractivity contribution in [1.29, 1.82) is 0 Å². The third-order valence-electron chi connectivity index (χ3n) is 7.18. The monoisotopic (exact) mass is 492 g/mol. The molecule has 6 heteroatoms. The van der Waals surface area contributed by atoms with E-state index >= 15 is 0 Å². The first kappa shape index (κ1) is 26.7. The van der Waals surface area contributed by atoms with E-state index in [2.05, 4.69) is 59.2 Å². The standard InChI is InChI=1S/C30H34N2O3.Na/c33-29(34)13-5-2-8-18-35-26-17-16-23-19-25(15-14-24(23)20-26)30-31-27-11-6-7-12-28(27)32(30)21-22-9-3-1-4-10-22;/h6-7,11-12,14-17,19-20,22H,1-5,8-10,13,18,21H2,(H,33,34);/q;+1/p-1. The van der Waals surface area contributed by atoms with E-state index in [1.807, 2.05) is 6.07 Å². The van der Waals surface area contributed by atoms with Gasteiger partial charge in [-0.15, -0.1) is 0 Å². The Morgan fingerprint density at radius 3 is 2.56 bits per heavy atom. The smallest absolute Gasteiger partial charge is 0.550 e. The quantitative estimate of drug-likeness (QED) is 0.252. The van der Waals surface area contributed by atoms with Gasteiger partial charge in [0.1, 0.15) is 11.6 Å². The molecule has 4 aromatic rings. The Bertz CT molecular complexity index is 1310. The minimum atomic E-state index is -0.982. The Kier molecular flexibility index (Phi) is 9.47. The number of fused-ring (bicyclic) bond motifs is 2. The van der Waals surface area contributed by atoms with Gasteiger partial charge < -0.3 is 19.2 Å². The molecule has 1 heterocycles. The SMILES string of the molecule is O=C([O-])CCCCCOc1ccc2cc(-c3nc4ccccc4n3CC3CCCCC3)ccc2c1.[Na+]. The molecule has 0 aliphatic heterocycles. The second-order valence-electron chi connectivity index (χ2n) is 9.79. The average Bonchev–Trinajstić information content (AvgIpc) is 3.24. The number of aliphatic carboxylic acids is 1. The maximum atomic E-state index is 10.5. The third-order valence-corrected chi connectivity index (χ3v) is 7.18. The molecule has 1 aliphatic carbocycles.